The average Bonchev–Trinajstić information content (AvgIpc) is 3.56. The summed E-state index contributed by atoms with van der Waals surface area (Å²) in [6, 6.07) is 51.5. The predicted molar refractivity (Wildman–Crippen MR) is 185 cm³/mol. The Morgan fingerprint density at radius 3 is 1.67 bits per heavy atom. The summed E-state index contributed by atoms with van der Waals surface area (Å²) in [6.07, 6.45) is 3.63. The molecule has 9 aromatic rings. The van der Waals surface area contributed by atoms with Gasteiger partial charge < -0.3 is 0 Å². The second-order valence-corrected chi connectivity index (χ2v) is 11.3. The number of fused-ring (bicyclic) bond motifs is 5. The van der Waals surface area contributed by atoms with E-state index in [0.29, 0.717) is 0 Å². The molecule has 0 aliphatic rings. The molecule has 9 rings (SSSR count). The monoisotopic (exact) mass is 574 g/mol. The lowest BCUT2D eigenvalue weighted by Gasteiger charge is -2.18. The summed E-state index contributed by atoms with van der Waals surface area (Å²) in [5.74, 6) is 0. The van der Waals surface area contributed by atoms with Crippen molar-refractivity contribution in [1.29, 1.82) is 0 Å². The summed E-state index contributed by atoms with van der Waals surface area (Å²) in [5.41, 5.74) is 9.71. The fourth-order valence-corrected chi connectivity index (χ4v) is 6.76. The highest BCUT2D eigenvalue weighted by molar-refractivity contribution is 6.25. The molecule has 4 heteroatoms. The molecule has 0 amide bonds. The van der Waals surface area contributed by atoms with E-state index in [1.54, 1.807) is 4.80 Å². The number of pyridine rings is 1. The van der Waals surface area contributed by atoms with Crippen molar-refractivity contribution in [2.75, 3.05) is 0 Å². The molecule has 0 saturated carbocycles. The fraction of sp³-hybridized carbons (Fsp3) is 0. The van der Waals surface area contributed by atoms with Gasteiger partial charge in [-0.1, -0.05) is 115 Å². The van der Waals surface area contributed by atoms with Crippen molar-refractivity contribution < 1.29 is 0 Å². The lowest BCUT2D eigenvalue weighted by Crippen LogP contribution is -1.98. The van der Waals surface area contributed by atoms with Gasteiger partial charge in [-0.15, -0.1) is 10.2 Å². The zero-order chi connectivity index (χ0) is 29.7. The summed E-state index contributed by atoms with van der Waals surface area (Å²) < 4.78 is 0. The second-order valence-electron chi connectivity index (χ2n) is 11.3. The van der Waals surface area contributed by atoms with E-state index in [0.717, 1.165) is 44.2 Å². The van der Waals surface area contributed by atoms with Crippen LogP contribution in [-0.2, 0) is 0 Å². The van der Waals surface area contributed by atoms with E-state index in [4.69, 9.17) is 10.2 Å². The highest BCUT2D eigenvalue weighted by Gasteiger charge is 2.20. The SMILES string of the molecule is c1ccc(-c2c3ccccc3c(-c3cc4nn(-c5cccc(-c6ccncc6)c5)nc4c4ccccc34)c3ccccc23)cc1. The van der Waals surface area contributed by atoms with Gasteiger partial charge in [0.05, 0.1) is 5.69 Å². The molecular weight excluding hydrogens is 548 g/mol. The van der Waals surface area contributed by atoms with Crippen molar-refractivity contribution in [3.8, 4) is 39.1 Å². The Morgan fingerprint density at radius 2 is 0.978 bits per heavy atom. The first-order valence-corrected chi connectivity index (χ1v) is 15.1. The van der Waals surface area contributed by atoms with Crippen molar-refractivity contribution in [3.05, 3.63) is 158 Å². The van der Waals surface area contributed by atoms with Gasteiger partial charge in [-0.2, -0.15) is 4.80 Å². The molecule has 4 nitrogen and oxygen atoms in total. The van der Waals surface area contributed by atoms with E-state index in [9.17, 15) is 0 Å². The van der Waals surface area contributed by atoms with E-state index < -0.39 is 0 Å². The van der Waals surface area contributed by atoms with Crippen molar-refractivity contribution in [1.82, 2.24) is 20.0 Å². The van der Waals surface area contributed by atoms with Crippen LogP contribution in [0.5, 0.6) is 0 Å². The molecule has 0 unspecified atom stereocenters. The number of rotatable bonds is 4. The Kier molecular flexibility index (Phi) is 5.78. The van der Waals surface area contributed by atoms with Gasteiger partial charge in [0.15, 0.2) is 0 Å². The summed E-state index contributed by atoms with van der Waals surface area (Å²) in [7, 11) is 0. The van der Waals surface area contributed by atoms with Crippen LogP contribution in [0.2, 0.25) is 0 Å². The molecule has 45 heavy (non-hydrogen) atoms. The van der Waals surface area contributed by atoms with Gasteiger partial charge in [0.1, 0.15) is 11.0 Å². The molecule has 0 saturated heterocycles. The Balaban J connectivity index is 1.33. The first-order chi connectivity index (χ1) is 22.3. The molecule has 2 aromatic heterocycles. The molecule has 0 aliphatic carbocycles. The fourth-order valence-electron chi connectivity index (χ4n) is 6.76. The normalized spacial score (nSPS) is 11.6. The standard InChI is InChI=1S/C41H26N4/c1-2-11-28(12-3-1)39-32-16-5-7-18-34(32)40(35-19-8-6-17-33(35)39)37-26-38-41(36-20-9-4-15-31(36)37)44-45(43-38)30-14-10-13-29(25-30)27-21-23-42-24-22-27/h1-26H. The third kappa shape index (κ3) is 4.11. The number of hydrogen-bond acceptors (Lipinski definition) is 3. The number of benzene rings is 7. The number of nitrogens with zero attached hydrogens (tertiary/aromatic N) is 4. The van der Waals surface area contributed by atoms with E-state index in [1.165, 1.54) is 38.2 Å². The maximum atomic E-state index is 5.07. The maximum Gasteiger partial charge on any atom is 0.121 e. The van der Waals surface area contributed by atoms with Crippen LogP contribution in [0.15, 0.2) is 158 Å². The molecule has 0 atom stereocenters. The molecule has 0 spiro atoms. The third-order valence-electron chi connectivity index (χ3n) is 8.75. The largest absolute Gasteiger partial charge is 0.265 e. The van der Waals surface area contributed by atoms with Gasteiger partial charge >= 0.3 is 0 Å². The molecule has 210 valence electrons. The highest BCUT2D eigenvalue weighted by Crippen LogP contribution is 2.46. The molecule has 0 N–H and O–H groups in total. The predicted octanol–water partition coefficient (Wildman–Crippen LogP) is 10.3. The Labute approximate surface area is 259 Å². The van der Waals surface area contributed by atoms with Crippen LogP contribution in [0.4, 0.5) is 0 Å². The Morgan fingerprint density at radius 1 is 0.400 bits per heavy atom. The van der Waals surface area contributed by atoms with Crippen LogP contribution >= 0.6 is 0 Å². The van der Waals surface area contributed by atoms with Crippen LogP contribution < -0.4 is 0 Å². The molecule has 0 fully saturated rings. The summed E-state index contributed by atoms with van der Waals surface area (Å²) in [4.78, 5) is 5.93. The second kappa shape index (κ2) is 10.2. The van der Waals surface area contributed by atoms with E-state index in [-0.39, 0.29) is 0 Å². The quantitative estimate of drug-likeness (QED) is 0.196. The van der Waals surface area contributed by atoms with E-state index in [1.807, 2.05) is 24.5 Å². The average molecular weight is 575 g/mol. The zero-order valence-corrected chi connectivity index (χ0v) is 24.3. The number of hydrogen-bond donors (Lipinski definition) is 0. The van der Waals surface area contributed by atoms with Crippen molar-refractivity contribution in [3.63, 3.8) is 0 Å². The smallest absolute Gasteiger partial charge is 0.121 e. The van der Waals surface area contributed by atoms with Crippen LogP contribution in [0.3, 0.4) is 0 Å². The third-order valence-corrected chi connectivity index (χ3v) is 8.75. The van der Waals surface area contributed by atoms with Crippen molar-refractivity contribution >= 4 is 43.4 Å². The molecule has 7 aromatic carbocycles. The zero-order valence-electron chi connectivity index (χ0n) is 24.3. The summed E-state index contributed by atoms with van der Waals surface area (Å²) >= 11 is 0. The van der Waals surface area contributed by atoms with Crippen LogP contribution in [0.25, 0.3) is 82.4 Å². The molecule has 0 aliphatic heterocycles. The Bertz CT molecular complexity index is 2480. The van der Waals surface area contributed by atoms with Gasteiger partial charge in [-0.25, -0.2) is 0 Å². The van der Waals surface area contributed by atoms with Crippen molar-refractivity contribution in [2.24, 2.45) is 0 Å². The molecule has 0 radical (unpaired) electrons. The minimum absolute atomic E-state index is 0.860. The van der Waals surface area contributed by atoms with Gasteiger partial charge in [0, 0.05) is 17.8 Å². The topological polar surface area (TPSA) is 43.6 Å². The van der Waals surface area contributed by atoms with Crippen LogP contribution in [0, 0.1) is 0 Å². The maximum absolute atomic E-state index is 5.07. The first kappa shape index (κ1) is 25.4. The lowest BCUT2D eigenvalue weighted by molar-refractivity contribution is 0.766. The molecule has 2 heterocycles. The molecule has 0 bridgehead atoms. The van der Waals surface area contributed by atoms with Gasteiger partial charge in [-0.3, -0.25) is 4.98 Å². The van der Waals surface area contributed by atoms with Gasteiger partial charge in [0.25, 0.3) is 0 Å². The highest BCUT2D eigenvalue weighted by atomic mass is 15.5. The van der Waals surface area contributed by atoms with Crippen LogP contribution in [0.1, 0.15) is 0 Å². The summed E-state index contributed by atoms with van der Waals surface area (Å²) in [6.45, 7) is 0. The number of aromatic nitrogens is 4. The first-order valence-electron chi connectivity index (χ1n) is 15.1. The molecular formula is C41H26N4. The van der Waals surface area contributed by atoms with Gasteiger partial charge in [-0.05, 0) is 90.6 Å². The minimum atomic E-state index is 0.860. The minimum Gasteiger partial charge on any atom is -0.265 e. The summed E-state index contributed by atoms with van der Waals surface area (Å²) in [5, 5.41) is 17.3. The van der Waals surface area contributed by atoms with Gasteiger partial charge in [0.2, 0.25) is 0 Å². The Hall–Kier alpha value is -6.13. The lowest BCUT2D eigenvalue weighted by atomic mass is 9.84. The van der Waals surface area contributed by atoms with Crippen LogP contribution in [-0.4, -0.2) is 20.0 Å². The van der Waals surface area contributed by atoms with Crippen molar-refractivity contribution in [2.45, 2.75) is 0 Å². The van der Waals surface area contributed by atoms with E-state index in [2.05, 4.69) is 138 Å². The van der Waals surface area contributed by atoms with E-state index >= 15 is 0 Å².